The van der Waals surface area contributed by atoms with Crippen LogP contribution in [-0.2, 0) is 5.41 Å². The van der Waals surface area contributed by atoms with E-state index in [1.54, 1.807) is 12.1 Å². The maximum absolute atomic E-state index is 12.1. The van der Waals surface area contributed by atoms with E-state index in [2.05, 4.69) is 52.6 Å². The van der Waals surface area contributed by atoms with Crippen molar-refractivity contribution in [3.8, 4) is 11.5 Å². The topological polar surface area (TPSA) is 99.6 Å². The highest BCUT2D eigenvalue weighted by molar-refractivity contribution is 9.13. The highest BCUT2D eigenvalue weighted by Gasteiger charge is 2.19. The summed E-state index contributed by atoms with van der Waals surface area (Å²) in [6, 6.07) is 3.30. The van der Waals surface area contributed by atoms with Crippen molar-refractivity contribution in [2.75, 3.05) is 7.11 Å². The first kappa shape index (κ1) is 19.5. The SMILES string of the molecule is COc1cc(Br)c(Br)c(/C=N\NC(=O)c2cc(C(C)(C)C)[nH]n2)c1O. The molecule has 0 aliphatic heterocycles. The average molecular weight is 474 g/mol. The zero-order valence-corrected chi connectivity index (χ0v) is 17.3. The summed E-state index contributed by atoms with van der Waals surface area (Å²) >= 11 is 6.70. The highest BCUT2D eigenvalue weighted by Crippen LogP contribution is 2.39. The molecule has 0 spiro atoms. The largest absolute Gasteiger partial charge is 0.504 e. The summed E-state index contributed by atoms with van der Waals surface area (Å²) in [5.41, 5.74) is 3.69. The van der Waals surface area contributed by atoms with E-state index in [-0.39, 0.29) is 22.6 Å². The van der Waals surface area contributed by atoms with Crippen molar-refractivity contribution in [2.45, 2.75) is 26.2 Å². The molecule has 3 N–H and O–H groups in total. The zero-order chi connectivity index (χ0) is 18.8. The van der Waals surface area contributed by atoms with Crippen LogP contribution in [0.15, 0.2) is 26.2 Å². The number of amides is 1. The average Bonchev–Trinajstić information content (AvgIpc) is 3.04. The number of nitrogens with zero attached hydrogens (tertiary/aromatic N) is 2. The first-order valence-corrected chi connectivity index (χ1v) is 8.88. The van der Waals surface area contributed by atoms with Crippen LogP contribution in [0.4, 0.5) is 0 Å². The molecule has 2 aromatic rings. The fourth-order valence-electron chi connectivity index (χ4n) is 1.92. The fraction of sp³-hybridized carbons (Fsp3) is 0.312. The van der Waals surface area contributed by atoms with Crippen LogP contribution in [0.1, 0.15) is 42.5 Å². The maximum Gasteiger partial charge on any atom is 0.291 e. The Kier molecular flexibility index (Phi) is 5.89. The lowest BCUT2D eigenvalue weighted by Crippen LogP contribution is -2.18. The zero-order valence-electron chi connectivity index (χ0n) is 14.1. The van der Waals surface area contributed by atoms with E-state index in [9.17, 15) is 9.90 Å². The number of carbonyl (C=O) groups is 1. The lowest BCUT2D eigenvalue weighted by atomic mass is 9.92. The number of aromatic hydroxyl groups is 1. The summed E-state index contributed by atoms with van der Waals surface area (Å²) in [5.74, 6) is -0.268. The molecule has 0 fully saturated rings. The van der Waals surface area contributed by atoms with Gasteiger partial charge in [-0.1, -0.05) is 20.8 Å². The maximum atomic E-state index is 12.1. The summed E-state index contributed by atoms with van der Waals surface area (Å²) in [6.45, 7) is 6.05. The molecular weight excluding hydrogens is 456 g/mol. The highest BCUT2D eigenvalue weighted by atomic mass is 79.9. The van der Waals surface area contributed by atoms with Gasteiger partial charge in [0.15, 0.2) is 17.2 Å². The number of ether oxygens (including phenoxy) is 1. The quantitative estimate of drug-likeness (QED) is 0.465. The van der Waals surface area contributed by atoms with Gasteiger partial charge in [0.05, 0.1) is 18.9 Å². The van der Waals surface area contributed by atoms with Crippen molar-refractivity contribution in [1.82, 2.24) is 15.6 Å². The number of aromatic amines is 1. The second-order valence-corrected chi connectivity index (χ2v) is 7.90. The van der Waals surface area contributed by atoms with E-state index in [0.29, 0.717) is 14.5 Å². The van der Waals surface area contributed by atoms with Crippen molar-refractivity contribution in [1.29, 1.82) is 0 Å². The minimum atomic E-state index is -0.458. The number of hydrazone groups is 1. The van der Waals surface area contributed by atoms with Gasteiger partial charge < -0.3 is 9.84 Å². The Balaban J connectivity index is 2.17. The molecule has 0 atom stereocenters. The van der Waals surface area contributed by atoms with Gasteiger partial charge in [-0.05, 0) is 44.0 Å². The molecule has 0 bridgehead atoms. The van der Waals surface area contributed by atoms with Crippen LogP contribution in [0.5, 0.6) is 11.5 Å². The second-order valence-electron chi connectivity index (χ2n) is 6.25. The molecule has 1 amide bonds. The van der Waals surface area contributed by atoms with Gasteiger partial charge in [-0.15, -0.1) is 0 Å². The summed E-state index contributed by atoms with van der Waals surface area (Å²) in [6.07, 6.45) is 1.32. The van der Waals surface area contributed by atoms with Gasteiger partial charge in [-0.3, -0.25) is 9.89 Å². The van der Waals surface area contributed by atoms with Gasteiger partial charge in [0.25, 0.3) is 5.91 Å². The molecule has 0 saturated heterocycles. The molecule has 1 heterocycles. The van der Waals surface area contributed by atoms with Crippen LogP contribution in [-0.4, -0.2) is 34.5 Å². The van der Waals surface area contributed by atoms with E-state index < -0.39 is 5.91 Å². The normalized spacial score (nSPS) is 11.8. The number of aromatic nitrogens is 2. The minimum Gasteiger partial charge on any atom is -0.504 e. The Labute approximate surface area is 162 Å². The second kappa shape index (κ2) is 7.57. The number of rotatable bonds is 4. The molecule has 1 aromatic carbocycles. The summed E-state index contributed by atoms with van der Waals surface area (Å²) < 4.78 is 6.35. The predicted octanol–water partition coefficient (Wildman–Crippen LogP) is 3.71. The Hall–Kier alpha value is -1.87. The number of carbonyl (C=O) groups excluding carboxylic acids is 1. The third kappa shape index (κ3) is 4.40. The van der Waals surface area contributed by atoms with Gasteiger partial charge in [-0.25, -0.2) is 5.43 Å². The van der Waals surface area contributed by atoms with Crippen LogP contribution in [0, 0.1) is 0 Å². The third-order valence-electron chi connectivity index (χ3n) is 3.39. The van der Waals surface area contributed by atoms with Crippen molar-refractivity contribution in [3.05, 3.63) is 38.0 Å². The number of phenolic OH excluding ortho intramolecular Hbond substituents is 1. The van der Waals surface area contributed by atoms with Crippen molar-refractivity contribution >= 4 is 44.0 Å². The number of hydrogen-bond donors (Lipinski definition) is 3. The Bertz CT molecular complexity index is 826. The molecule has 0 aliphatic carbocycles. The predicted molar refractivity (Wildman–Crippen MR) is 102 cm³/mol. The van der Waals surface area contributed by atoms with Gasteiger partial charge in [-0.2, -0.15) is 10.2 Å². The molecule has 134 valence electrons. The van der Waals surface area contributed by atoms with Crippen LogP contribution in [0.3, 0.4) is 0 Å². The smallest absolute Gasteiger partial charge is 0.291 e. The number of hydrogen-bond acceptors (Lipinski definition) is 5. The number of phenols is 1. The molecule has 1 aromatic heterocycles. The Morgan fingerprint density at radius 3 is 2.64 bits per heavy atom. The lowest BCUT2D eigenvalue weighted by Gasteiger charge is -2.14. The lowest BCUT2D eigenvalue weighted by molar-refractivity contribution is 0.0950. The Morgan fingerprint density at radius 1 is 1.40 bits per heavy atom. The molecule has 2 rings (SSSR count). The van der Waals surface area contributed by atoms with Crippen molar-refractivity contribution in [2.24, 2.45) is 5.10 Å². The molecule has 25 heavy (non-hydrogen) atoms. The third-order valence-corrected chi connectivity index (χ3v) is 5.40. The Morgan fingerprint density at radius 2 is 2.08 bits per heavy atom. The molecule has 9 heteroatoms. The van der Waals surface area contributed by atoms with Crippen LogP contribution >= 0.6 is 31.9 Å². The minimum absolute atomic E-state index is 0.0923. The summed E-state index contributed by atoms with van der Waals surface area (Å²) in [4.78, 5) is 12.1. The summed E-state index contributed by atoms with van der Waals surface area (Å²) in [5, 5.41) is 20.9. The van der Waals surface area contributed by atoms with Crippen LogP contribution < -0.4 is 10.2 Å². The van der Waals surface area contributed by atoms with Crippen LogP contribution in [0.2, 0.25) is 0 Å². The van der Waals surface area contributed by atoms with E-state index in [4.69, 9.17) is 4.74 Å². The van der Waals surface area contributed by atoms with Crippen molar-refractivity contribution in [3.63, 3.8) is 0 Å². The monoisotopic (exact) mass is 472 g/mol. The summed E-state index contributed by atoms with van der Waals surface area (Å²) in [7, 11) is 1.45. The number of H-pyrrole nitrogens is 1. The first-order valence-electron chi connectivity index (χ1n) is 7.29. The molecule has 0 radical (unpaired) electrons. The van der Waals surface area contributed by atoms with Gasteiger partial charge in [0.2, 0.25) is 0 Å². The van der Waals surface area contributed by atoms with Gasteiger partial charge >= 0.3 is 0 Å². The first-order chi connectivity index (χ1) is 11.6. The van der Waals surface area contributed by atoms with E-state index in [1.807, 2.05) is 20.8 Å². The van der Waals surface area contributed by atoms with E-state index >= 15 is 0 Å². The fourth-order valence-corrected chi connectivity index (χ4v) is 2.75. The van der Waals surface area contributed by atoms with Gasteiger partial charge in [0, 0.05) is 20.1 Å². The number of benzene rings is 1. The molecule has 0 saturated carbocycles. The van der Waals surface area contributed by atoms with E-state index in [1.165, 1.54) is 13.3 Å². The number of halogens is 2. The standard InChI is InChI=1S/C16H18Br2N4O3/c1-16(2,3)12-6-10(20-21-12)15(24)22-19-7-8-13(18)9(17)5-11(25-4)14(8)23/h5-7,23H,1-4H3,(H,20,21)(H,22,24)/b19-7-. The van der Waals surface area contributed by atoms with Crippen molar-refractivity contribution < 1.29 is 14.6 Å². The molecule has 0 unspecified atom stereocenters. The van der Waals surface area contributed by atoms with E-state index in [0.717, 1.165) is 5.69 Å². The molecule has 7 nitrogen and oxygen atoms in total. The number of nitrogens with one attached hydrogen (secondary N) is 2. The van der Waals surface area contributed by atoms with Gasteiger partial charge in [0.1, 0.15) is 0 Å². The number of methoxy groups -OCH3 is 1. The van der Waals surface area contributed by atoms with Crippen LogP contribution in [0.25, 0.3) is 0 Å². The molecule has 0 aliphatic rings. The molecular formula is C16H18Br2N4O3.